The molecule has 0 aliphatic carbocycles. The number of aromatic nitrogens is 2. The number of ether oxygens (including phenoxy) is 1. The van der Waals surface area contributed by atoms with E-state index >= 15 is 0 Å². The molecule has 7 heteroatoms. The molecule has 0 unspecified atom stereocenters. The van der Waals surface area contributed by atoms with Crippen molar-refractivity contribution in [3.05, 3.63) is 58.0 Å². The van der Waals surface area contributed by atoms with Gasteiger partial charge in [-0.05, 0) is 5.56 Å². The number of nitrogens with one attached hydrogen (secondary N) is 2. The number of carbonyl (C=O) groups is 1. The molecule has 1 heterocycles. The number of aromatic amines is 1. The summed E-state index contributed by atoms with van der Waals surface area (Å²) >= 11 is 0. The molecule has 7 nitrogen and oxygen atoms in total. The summed E-state index contributed by atoms with van der Waals surface area (Å²) < 4.78 is 5.43. The molecule has 0 radical (unpaired) electrons. The van der Waals surface area contributed by atoms with Crippen LogP contribution in [0.1, 0.15) is 11.3 Å². The molecule has 0 aliphatic rings. The van der Waals surface area contributed by atoms with Crippen LogP contribution in [-0.2, 0) is 6.42 Å². The zero-order valence-electron chi connectivity index (χ0n) is 11.2. The molecule has 1 aromatic carbocycles. The van der Waals surface area contributed by atoms with Gasteiger partial charge in [0, 0.05) is 12.5 Å². The van der Waals surface area contributed by atoms with Crippen LogP contribution in [0, 0.1) is 0 Å². The van der Waals surface area contributed by atoms with Gasteiger partial charge in [0.15, 0.2) is 0 Å². The highest BCUT2D eigenvalue weighted by atomic mass is 16.5. The summed E-state index contributed by atoms with van der Waals surface area (Å²) in [6, 6.07) is 11.0. The standard InChI is InChI=1S/C14H15N3O4/c18-13-9-12(21-7-6-15-14(19)20)11(16-17-13)8-10-4-2-1-3-5-10/h1-5,9,15H,6-8H2,(H,17,18)(H,19,20). The van der Waals surface area contributed by atoms with Crippen LogP contribution < -0.4 is 15.6 Å². The fraction of sp³-hybridized carbons (Fsp3) is 0.214. The maximum absolute atomic E-state index is 11.3. The highest BCUT2D eigenvalue weighted by molar-refractivity contribution is 5.64. The quantitative estimate of drug-likeness (QED) is 0.688. The summed E-state index contributed by atoms with van der Waals surface area (Å²) in [7, 11) is 0. The first-order valence-electron chi connectivity index (χ1n) is 6.37. The van der Waals surface area contributed by atoms with Crippen molar-refractivity contribution < 1.29 is 14.6 Å². The number of nitrogens with zero attached hydrogens (tertiary/aromatic N) is 1. The van der Waals surface area contributed by atoms with Gasteiger partial charge in [0.25, 0.3) is 5.56 Å². The Labute approximate surface area is 120 Å². The van der Waals surface area contributed by atoms with Crippen LogP contribution in [-0.4, -0.2) is 34.5 Å². The Bertz CT molecular complexity index is 655. The van der Waals surface area contributed by atoms with Gasteiger partial charge in [-0.15, -0.1) is 0 Å². The fourth-order valence-corrected chi connectivity index (χ4v) is 1.77. The molecule has 0 fully saturated rings. The van der Waals surface area contributed by atoms with E-state index in [4.69, 9.17) is 9.84 Å². The molecular formula is C14H15N3O4. The van der Waals surface area contributed by atoms with E-state index in [1.807, 2.05) is 30.3 Å². The highest BCUT2D eigenvalue weighted by Gasteiger charge is 2.08. The predicted molar refractivity (Wildman–Crippen MR) is 75.6 cm³/mol. The number of hydrogen-bond donors (Lipinski definition) is 3. The third-order valence-electron chi connectivity index (χ3n) is 2.70. The summed E-state index contributed by atoms with van der Waals surface area (Å²) in [4.78, 5) is 21.7. The smallest absolute Gasteiger partial charge is 0.404 e. The summed E-state index contributed by atoms with van der Waals surface area (Å²) in [5.41, 5.74) is 1.26. The van der Waals surface area contributed by atoms with E-state index in [1.54, 1.807) is 0 Å². The molecule has 2 rings (SSSR count). The number of carboxylic acid groups (broad SMARTS) is 1. The average Bonchev–Trinajstić information content (AvgIpc) is 2.47. The Kier molecular flexibility index (Phi) is 4.92. The van der Waals surface area contributed by atoms with Crippen LogP contribution >= 0.6 is 0 Å². The first kappa shape index (κ1) is 14.6. The molecular weight excluding hydrogens is 274 g/mol. The van der Waals surface area contributed by atoms with Gasteiger partial charge in [0.2, 0.25) is 0 Å². The Morgan fingerprint density at radius 3 is 2.81 bits per heavy atom. The molecule has 0 bridgehead atoms. The van der Waals surface area contributed by atoms with Crippen molar-refractivity contribution in [3.8, 4) is 5.75 Å². The van der Waals surface area contributed by atoms with Gasteiger partial charge in [0.05, 0.1) is 6.54 Å². The molecule has 0 saturated heterocycles. The van der Waals surface area contributed by atoms with Crippen molar-refractivity contribution >= 4 is 6.09 Å². The number of amides is 1. The molecule has 0 aliphatic heterocycles. The van der Waals surface area contributed by atoms with Gasteiger partial charge in [0.1, 0.15) is 18.1 Å². The van der Waals surface area contributed by atoms with Crippen LogP contribution in [0.4, 0.5) is 4.79 Å². The molecule has 0 saturated carbocycles. The summed E-state index contributed by atoms with van der Waals surface area (Å²) in [5.74, 6) is 0.356. The Balaban J connectivity index is 2.06. The highest BCUT2D eigenvalue weighted by Crippen LogP contribution is 2.16. The van der Waals surface area contributed by atoms with E-state index in [-0.39, 0.29) is 18.7 Å². The fourth-order valence-electron chi connectivity index (χ4n) is 1.77. The molecule has 0 atom stereocenters. The van der Waals surface area contributed by atoms with E-state index in [2.05, 4.69) is 15.5 Å². The SMILES string of the molecule is O=C(O)NCCOc1cc(=O)[nH]nc1Cc1ccccc1. The second kappa shape index (κ2) is 7.09. The van der Waals surface area contributed by atoms with Crippen molar-refractivity contribution in [2.24, 2.45) is 0 Å². The van der Waals surface area contributed by atoms with Crippen LogP contribution in [0.15, 0.2) is 41.2 Å². The van der Waals surface area contributed by atoms with Crippen molar-refractivity contribution in [2.45, 2.75) is 6.42 Å². The van der Waals surface area contributed by atoms with E-state index in [0.29, 0.717) is 17.9 Å². The number of rotatable bonds is 6. The van der Waals surface area contributed by atoms with Gasteiger partial charge in [-0.25, -0.2) is 9.89 Å². The lowest BCUT2D eigenvalue weighted by atomic mass is 10.1. The maximum Gasteiger partial charge on any atom is 0.404 e. The Hall–Kier alpha value is -2.83. The third-order valence-corrected chi connectivity index (χ3v) is 2.70. The molecule has 21 heavy (non-hydrogen) atoms. The van der Waals surface area contributed by atoms with E-state index in [9.17, 15) is 9.59 Å². The second-order valence-electron chi connectivity index (χ2n) is 4.29. The second-order valence-corrected chi connectivity index (χ2v) is 4.29. The number of H-pyrrole nitrogens is 1. The first-order chi connectivity index (χ1) is 10.1. The topological polar surface area (TPSA) is 104 Å². The largest absolute Gasteiger partial charge is 0.490 e. The molecule has 0 spiro atoms. The molecule has 1 amide bonds. The third kappa shape index (κ3) is 4.64. The lowest BCUT2D eigenvalue weighted by Gasteiger charge is -2.10. The van der Waals surface area contributed by atoms with Crippen molar-refractivity contribution in [2.75, 3.05) is 13.2 Å². The molecule has 110 valence electrons. The van der Waals surface area contributed by atoms with Gasteiger partial charge in [-0.1, -0.05) is 30.3 Å². The average molecular weight is 289 g/mol. The zero-order chi connectivity index (χ0) is 15.1. The zero-order valence-corrected chi connectivity index (χ0v) is 11.2. The van der Waals surface area contributed by atoms with Crippen molar-refractivity contribution in [1.29, 1.82) is 0 Å². The predicted octanol–water partition coefficient (Wildman–Crippen LogP) is 1.01. The van der Waals surface area contributed by atoms with Crippen LogP contribution in [0.2, 0.25) is 0 Å². The van der Waals surface area contributed by atoms with E-state index in [1.165, 1.54) is 6.07 Å². The Morgan fingerprint density at radius 2 is 2.10 bits per heavy atom. The van der Waals surface area contributed by atoms with Gasteiger partial charge in [-0.2, -0.15) is 5.10 Å². The van der Waals surface area contributed by atoms with Gasteiger partial charge >= 0.3 is 6.09 Å². The number of hydrogen-bond acceptors (Lipinski definition) is 4. The minimum absolute atomic E-state index is 0.124. The summed E-state index contributed by atoms with van der Waals surface area (Å²) in [6.07, 6.45) is -0.605. The lowest BCUT2D eigenvalue weighted by molar-refractivity contribution is 0.191. The van der Waals surface area contributed by atoms with Crippen LogP contribution in [0.5, 0.6) is 5.75 Å². The van der Waals surface area contributed by atoms with E-state index in [0.717, 1.165) is 5.56 Å². The maximum atomic E-state index is 11.3. The molecule has 2 aromatic rings. The van der Waals surface area contributed by atoms with E-state index < -0.39 is 6.09 Å². The van der Waals surface area contributed by atoms with Crippen molar-refractivity contribution in [1.82, 2.24) is 15.5 Å². The first-order valence-corrected chi connectivity index (χ1v) is 6.37. The monoisotopic (exact) mass is 289 g/mol. The van der Waals surface area contributed by atoms with Crippen LogP contribution in [0.25, 0.3) is 0 Å². The van der Waals surface area contributed by atoms with Crippen molar-refractivity contribution in [3.63, 3.8) is 0 Å². The van der Waals surface area contributed by atoms with Gasteiger partial charge in [-0.3, -0.25) is 4.79 Å². The Morgan fingerprint density at radius 1 is 1.33 bits per heavy atom. The minimum atomic E-state index is -1.12. The van der Waals surface area contributed by atoms with Gasteiger partial charge < -0.3 is 15.2 Å². The summed E-state index contributed by atoms with van der Waals surface area (Å²) in [6.45, 7) is 0.256. The lowest BCUT2D eigenvalue weighted by Crippen LogP contribution is -2.26. The summed E-state index contributed by atoms with van der Waals surface area (Å²) in [5, 5.41) is 17.0. The normalized spacial score (nSPS) is 10.1. The van der Waals surface area contributed by atoms with Crippen LogP contribution in [0.3, 0.4) is 0 Å². The molecule has 1 aromatic heterocycles. The minimum Gasteiger partial charge on any atom is -0.490 e. The molecule has 3 N–H and O–H groups in total. The number of benzene rings is 1.